The Kier molecular flexibility index (Phi) is 6.74. The third-order valence-electron chi connectivity index (χ3n) is 5.77. The second-order valence-electron chi connectivity index (χ2n) is 7.83. The highest BCUT2D eigenvalue weighted by Gasteiger charge is 2.42. The molecule has 0 saturated carbocycles. The van der Waals surface area contributed by atoms with Gasteiger partial charge < -0.3 is 10.1 Å². The zero-order valence-electron chi connectivity index (χ0n) is 17.5. The van der Waals surface area contributed by atoms with Crippen LogP contribution in [0.1, 0.15) is 32.7 Å². The van der Waals surface area contributed by atoms with Crippen molar-refractivity contribution in [3.63, 3.8) is 0 Å². The second-order valence-corrected chi connectivity index (χ2v) is 7.83. The van der Waals surface area contributed by atoms with Crippen LogP contribution < -0.4 is 5.32 Å². The Morgan fingerprint density at radius 2 is 1.55 bits per heavy atom. The first kappa shape index (κ1) is 21.2. The van der Waals surface area contributed by atoms with Gasteiger partial charge in [0.15, 0.2) is 0 Å². The Labute approximate surface area is 182 Å². The van der Waals surface area contributed by atoms with Gasteiger partial charge in [0.1, 0.15) is 6.04 Å². The molecule has 2 aliphatic heterocycles. The predicted molar refractivity (Wildman–Crippen MR) is 116 cm³/mol. The Hall–Kier alpha value is -3.03. The molecule has 3 amide bonds. The van der Waals surface area contributed by atoms with Gasteiger partial charge in [0.25, 0.3) is 11.8 Å². The van der Waals surface area contributed by atoms with Crippen LogP contribution in [0.15, 0.2) is 54.6 Å². The van der Waals surface area contributed by atoms with Crippen LogP contribution in [-0.2, 0) is 16.0 Å². The van der Waals surface area contributed by atoms with Crippen molar-refractivity contribution in [3.8, 4) is 0 Å². The Morgan fingerprint density at radius 1 is 0.935 bits per heavy atom. The van der Waals surface area contributed by atoms with E-state index in [4.69, 9.17) is 4.74 Å². The molecule has 7 nitrogen and oxygen atoms in total. The molecule has 7 heteroatoms. The van der Waals surface area contributed by atoms with Crippen molar-refractivity contribution >= 4 is 17.7 Å². The largest absolute Gasteiger partial charge is 0.379 e. The van der Waals surface area contributed by atoms with Crippen molar-refractivity contribution in [1.29, 1.82) is 0 Å². The van der Waals surface area contributed by atoms with Gasteiger partial charge in [0.2, 0.25) is 5.91 Å². The lowest BCUT2D eigenvalue weighted by Gasteiger charge is -2.27. The molecule has 4 rings (SSSR count). The molecule has 0 aliphatic carbocycles. The number of ether oxygens (including phenoxy) is 1. The first-order valence-electron chi connectivity index (χ1n) is 10.7. The van der Waals surface area contributed by atoms with Crippen molar-refractivity contribution in [3.05, 3.63) is 71.3 Å². The summed E-state index contributed by atoms with van der Waals surface area (Å²) in [5.41, 5.74) is 1.60. The van der Waals surface area contributed by atoms with E-state index in [1.165, 1.54) is 0 Å². The van der Waals surface area contributed by atoms with Gasteiger partial charge in [-0.05, 0) is 30.7 Å². The van der Waals surface area contributed by atoms with Crippen molar-refractivity contribution < 1.29 is 19.1 Å². The minimum Gasteiger partial charge on any atom is -0.379 e. The van der Waals surface area contributed by atoms with Gasteiger partial charge in [-0.1, -0.05) is 42.5 Å². The van der Waals surface area contributed by atoms with Crippen LogP contribution in [0.5, 0.6) is 0 Å². The Bertz CT molecular complexity index is 906. The molecule has 0 radical (unpaired) electrons. The maximum Gasteiger partial charge on any atom is 0.262 e. The standard InChI is InChI=1S/C24H27N3O4/c28-22(25-11-6-12-26-13-15-31-16-14-26)21(17-18-7-2-1-3-8-18)27-23(29)19-9-4-5-10-20(19)24(27)30/h1-5,7-10,21H,6,11-17H2,(H,25,28)/t21-/m1/s1. The molecule has 2 heterocycles. The zero-order valence-corrected chi connectivity index (χ0v) is 17.5. The first-order valence-corrected chi connectivity index (χ1v) is 10.7. The third kappa shape index (κ3) is 4.84. The number of hydrogen-bond donors (Lipinski definition) is 1. The lowest BCUT2D eigenvalue weighted by atomic mass is 10.0. The second kappa shape index (κ2) is 9.85. The minimum absolute atomic E-state index is 0.279. The minimum atomic E-state index is -0.891. The van der Waals surface area contributed by atoms with E-state index in [1.54, 1.807) is 24.3 Å². The summed E-state index contributed by atoms with van der Waals surface area (Å²) in [4.78, 5) is 42.5. The van der Waals surface area contributed by atoms with E-state index in [-0.39, 0.29) is 12.3 Å². The molecule has 1 atom stereocenters. The van der Waals surface area contributed by atoms with E-state index in [0.29, 0.717) is 17.7 Å². The van der Waals surface area contributed by atoms with Gasteiger partial charge in [0, 0.05) is 26.1 Å². The van der Waals surface area contributed by atoms with Crippen LogP contribution in [-0.4, -0.2) is 73.0 Å². The van der Waals surface area contributed by atoms with E-state index in [9.17, 15) is 14.4 Å². The fourth-order valence-corrected chi connectivity index (χ4v) is 4.09. The molecule has 162 valence electrons. The molecular weight excluding hydrogens is 394 g/mol. The number of morpholine rings is 1. The fourth-order valence-electron chi connectivity index (χ4n) is 4.09. The average Bonchev–Trinajstić information content (AvgIpc) is 3.06. The summed E-state index contributed by atoms with van der Waals surface area (Å²) < 4.78 is 5.36. The van der Waals surface area contributed by atoms with E-state index in [0.717, 1.165) is 49.7 Å². The molecule has 31 heavy (non-hydrogen) atoms. The van der Waals surface area contributed by atoms with Crippen molar-refractivity contribution in [2.24, 2.45) is 0 Å². The number of carbonyl (C=O) groups is 3. The Morgan fingerprint density at radius 3 is 2.19 bits per heavy atom. The van der Waals surface area contributed by atoms with Gasteiger partial charge in [-0.15, -0.1) is 0 Å². The van der Waals surface area contributed by atoms with E-state index < -0.39 is 17.9 Å². The summed E-state index contributed by atoms with van der Waals surface area (Å²) in [6, 6.07) is 15.3. The number of nitrogens with one attached hydrogen (secondary N) is 1. The summed E-state index contributed by atoms with van der Waals surface area (Å²) >= 11 is 0. The van der Waals surface area contributed by atoms with Gasteiger partial charge in [-0.2, -0.15) is 0 Å². The highest BCUT2D eigenvalue weighted by atomic mass is 16.5. The maximum absolute atomic E-state index is 13.1. The number of benzene rings is 2. The van der Waals surface area contributed by atoms with Gasteiger partial charge in [0.05, 0.1) is 24.3 Å². The molecule has 1 saturated heterocycles. The quantitative estimate of drug-likeness (QED) is 0.519. The van der Waals surface area contributed by atoms with E-state index in [1.807, 2.05) is 30.3 Å². The van der Waals surface area contributed by atoms with Crippen LogP contribution in [0.25, 0.3) is 0 Å². The molecule has 2 aliphatic rings. The number of imide groups is 1. The number of nitrogens with zero attached hydrogens (tertiary/aromatic N) is 2. The van der Waals surface area contributed by atoms with E-state index >= 15 is 0 Å². The lowest BCUT2D eigenvalue weighted by molar-refractivity contribution is -0.125. The highest BCUT2D eigenvalue weighted by Crippen LogP contribution is 2.26. The van der Waals surface area contributed by atoms with Crippen LogP contribution in [0, 0.1) is 0 Å². The molecule has 2 aromatic rings. The van der Waals surface area contributed by atoms with Crippen molar-refractivity contribution in [2.75, 3.05) is 39.4 Å². The Balaban J connectivity index is 1.45. The number of rotatable bonds is 8. The zero-order chi connectivity index (χ0) is 21.6. The fraction of sp³-hybridized carbons (Fsp3) is 0.375. The lowest BCUT2D eigenvalue weighted by Crippen LogP contribution is -2.51. The molecule has 0 aromatic heterocycles. The molecule has 1 N–H and O–H groups in total. The monoisotopic (exact) mass is 421 g/mol. The average molecular weight is 421 g/mol. The number of fused-ring (bicyclic) bond motifs is 1. The van der Waals surface area contributed by atoms with Crippen LogP contribution in [0.2, 0.25) is 0 Å². The van der Waals surface area contributed by atoms with Crippen molar-refractivity contribution in [1.82, 2.24) is 15.1 Å². The first-order chi connectivity index (χ1) is 15.1. The molecule has 0 spiro atoms. The summed E-state index contributed by atoms with van der Waals surface area (Å²) in [5.74, 6) is -1.13. The molecule has 0 bridgehead atoms. The van der Waals surface area contributed by atoms with Gasteiger partial charge >= 0.3 is 0 Å². The maximum atomic E-state index is 13.1. The van der Waals surface area contributed by atoms with Crippen LogP contribution in [0.3, 0.4) is 0 Å². The normalized spacial score (nSPS) is 17.5. The molecule has 0 unspecified atom stereocenters. The third-order valence-corrected chi connectivity index (χ3v) is 5.77. The SMILES string of the molecule is O=C(NCCCN1CCOCC1)[C@@H](Cc1ccccc1)N1C(=O)c2ccccc2C1=O. The van der Waals surface area contributed by atoms with Crippen LogP contribution in [0.4, 0.5) is 0 Å². The number of hydrogen-bond acceptors (Lipinski definition) is 5. The summed E-state index contributed by atoms with van der Waals surface area (Å²) in [5, 5.41) is 2.94. The summed E-state index contributed by atoms with van der Waals surface area (Å²) in [6.07, 6.45) is 1.08. The number of carbonyl (C=O) groups excluding carboxylic acids is 3. The topological polar surface area (TPSA) is 79.0 Å². The summed E-state index contributed by atoms with van der Waals surface area (Å²) in [6.45, 7) is 4.65. The van der Waals surface area contributed by atoms with Gasteiger partial charge in [-0.25, -0.2) is 0 Å². The smallest absolute Gasteiger partial charge is 0.262 e. The number of amides is 3. The molecule has 2 aromatic carbocycles. The summed E-state index contributed by atoms with van der Waals surface area (Å²) in [7, 11) is 0. The van der Waals surface area contributed by atoms with E-state index in [2.05, 4.69) is 10.2 Å². The molecule has 1 fully saturated rings. The van der Waals surface area contributed by atoms with Gasteiger partial charge in [-0.3, -0.25) is 24.2 Å². The highest BCUT2D eigenvalue weighted by molar-refractivity contribution is 6.22. The van der Waals surface area contributed by atoms with Crippen LogP contribution >= 0.6 is 0 Å². The molecular formula is C24H27N3O4. The predicted octanol–water partition coefficient (Wildman–Crippen LogP) is 1.73. The van der Waals surface area contributed by atoms with Crippen molar-refractivity contribution in [2.45, 2.75) is 18.9 Å².